The minimum atomic E-state index is -0.502. The van der Waals surface area contributed by atoms with Crippen LogP contribution in [0.4, 0.5) is 0 Å². The molecule has 1 atom stereocenters. The number of carbonyl (C=O) groups is 2. The quantitative estimate of drug-likeness (QED) is 0.644. The van der Waals surface area contributed by atoms with Gasteiger partial charge in [0.2, 0.25) is 6.79 Å². The van der Waals surface area contributed by atoms with E-state index in [1.165, 1.54) is 0 Å². The fourth-order valence-corrected chi connectivity index (χ4v) is 4.82. The molecule has 2 amide bonds. The van der Waals surface area contributed by atoms with Crippen LogP contribution in [0, 0.1) is 0 Å². The lowest BCUT2D eigenvalue weighted by atomic mass is 9.89. The molecule has 3 heterocycles. The second-order valence-electron chi connectivity index (χ2n) is 8.49. The summed E-state index contributed by atoms with van der Waals surface area (Å²) in [6, 6.07) is 9.54. The molecule has 3 aromatic rings. The fourth-order valence-electron chi connectivity index (χ4n) is 4.82. The Labute approximate surface area is 189 Å². The molecule has 3 N–H and O–H groups in total. The van der Waals surface area contributed by atoms with Crippen molar-refractivity contribution in [2.75, 3.05) is 33.1 Å². The predicted molar refractivity (Wildman–Crippen MR) is 122 cm³/mol. The summed E-state index contributed by atoms with van der Waals surface area (Å²) in [7, 11) is 0. The van der Waals surface area contributed by atoms with E-state index in [9.17, 15) is 9.59 Å². The Bertz CT molecular complexity index is 1360. The highest BCUT2D eigenvalue weighted by molar-refractivity contribution is 6.16. The van der Waals surface area contributed by atoms with Gasteiger partial charge in [0, 0.05) is 40.9 Å². The number of benzene rings is 2. The van der Waals surface area contributed by atoms with Gasteiger partial charge in [-0.05, 0) is 48.4 Å². The van der Waals surface area contributed by atoms with Gasteiger partial charge >= 0.3 is 0 Å². The number of nitrogens with zero attached hydrogens (tertiary/aromatic N) is 1. The lowest BCUT2D eigenvalue weighted by Crippen LogP contribution is -2.40. The zero-order valence-electron chi connectivity index (χ0n) is 17.9. The number of fused-ring (bicyclic) bond motifs is 4. The maximum Gasteiger partial charge on any atom is 0.254 e. The van der Waals surface area contributed by atoms with Crippen molar-refractivity contribution in [2.24, 2.45) is 5.73 Å². The molecule has 2 aromatic carbocycles. The Hall–Kier alpha value is -3.78. The summed E-state index contributed by atoms with van der Waals surface area (Å²) in [5, 5.41) is 1.84. The number of amides is 2. The number of primary amides is 1. The summed E-state index contributed by atoms with van der Waals surface area (Å²) in [4.78, 5) is 30.4. The van der Waals surface area contributed by atoms with Crippen molar-refractivity contribution in [2.45, 2.75) is 12.3 Å². The van der Waals surface area contributed by atoms with Crippen molar-refractivity contribution < 1.29 is 23.8 Å². The number of ether oxygens (including phenoxy) is 3. The minimum absolute atomic E-state index is 0.0233. The molecule has 0 radical (unpaired) electrons. The molecule has 1 aromatic heterocycles. The molecule has 0 bridgehead atoms. The molecule has 2 fully saturated rings. The Balaban J connectivity index is 1.44. The number of nitrogens with two attached hydrogens (primary N) is 1. The highest BCUT2D eigenvalue weighted by Gasteiger charge is 2.26. The van der Waals surface area contributed by atoms with Gasteiger partial charge in [-0.25, -0.2) is 0 Å². The molecule has 168 valence electrons. The van der Waals surface area contributed by atoms with Crippen LogP contribution >= 0.6 is 0 Å². The number of morpholine rings is 1. The molecule has 33 heavy (non-hydrogen) atoms. The van der Waals surface area contributed by atoms with Gasteiger partial charge in [-0.1, -0.05) is 6.07 Å². The third-order valence-corrected chi connectivity index (χ3v) is 6.55. The zero-order chi connectivity index (χ0) is 22.5. The standard InChI is InChI=1S/C25H23N3O5/c26-24(29)19-10-16(14-2-4-21-22(12-14)33-13-32-21)9-18-17-3-1-15(11-20(17)27-23(18)19)25(30)28-5-7-31-8-6-28/h1,3-4,9-12,14,27H,2,5-8,13H2,(H2,26,29). The van der Waals surface area contributed by atoms with Gasteiger partial charge in [-0.15, -0.1) is 0 Å². The molecule has 6 rings (SSSR count). The second-order valence-corrected chi connectivity index (χ2v) is 8.49. The molecule has 2 saturated heterocycles. The van der Waals surface area contributed by atoms with Crippen LogP contribution in [-0.2, 0) is 14.2 Å². The zero-order valence-corrected chi connectivity index (χ0v) is 17.9. The number of rotatable bonds is 3. The first-order valence-electron chi connectivity index (χ1n) is 11.0. The second kappa shape index (κ2) is 7.67. The Morgan fingerprint density at radius 3 is 2.67 bits per heavy atom. The van der Waals surface area contributed by atoms with Crippen LogP contribution in [-0.4, -0.2) is 54.8 Å². The smallest absolute Gasteiger partial charge is 0.254 e. The van der Waals surface area contributed by atoms with Crippen molar-refractivity contribution in [3.05, 3.63) is 70.7 Å². The number of aromatic nitrogens is 1. The first kappa shape index (κ1) is 19.9. The molecule has 0 spiro atoms. The third-order valence-electron chi connectivity index (χ3n) is 6.55. The van der Waals surface area contributed by atoms with Crippen LogP contribution in [0.3, 0.4) is 0 Å². The highest BCUT2D eigenvalue weighted by atomic mass is 16.7. The number of aromatic amines is 1. The summed E-state index contributed by atoms with van der Waals surface area (Å²) in [6.45, 7) is 2.50. The fraction of sp³-hybridized carbons (Fsp3) is 0.280. The summed E-state index contributed by atoms with van der Waals surface area (Å²) in [5.41, 5.74) is 9.23. The van der Waals surface area contributed by atoms with E-state index in [1.54, 1.807) is 4.90 Å². The van der Waals surface area contributed by atoms with Crippen molar-refractivity contribution in [1.29, 1.82) is 0 Å². The topological polar surface area (TPSA) is 107 Å². The number of hydrogen-bond donors (Lipinski definition) is 2. The summed E-state index contributed by atoms with van der Waals surface area (Å²) in [5.74, 6) is 1.02. The van der Waals surface area contributed by atoms with Crippen molar-refractivity contribution in [3.63, 3.8) is 0 Å². The van der Waals surface area contributed by atoms with Crippen LogP contribution in [0.15, 0.2) is 54.0 Å². The molecule has 3 aliphatic rings. The molecule has 8 heteroatoms. The Morgan fingerprint density at radius 1 is 1.03 bits per heavy atom. The van der Waals surface area contributed by atoms with Gasteiger partial charge in [0.25, 0.3) is 11.8 Å². The SMILES string of the molecule is NC(=O)c1cc(C2C=C3OCOC3=CC2)cc2c1[nH]c1cc(C(=O)N3CCOCC3)ccc12. The van der Waals surface area contributed by atoms with Crippen LogP contribution in [0.1, 0.15) is 38.6 Å². The van der Waals surface area contributed by atoms with E-state index in [1.807, 2.05) is 36.4 Å². The van der Waals surface area contributed by atoms with E-state index in [-0.39, 0.29) is 18.6 Å². The van der Waals surface area contributed by atoms with Gasteiger partial charge < -0.3 is 29.8 Å². The van der Waals surface area contributed by atoms with E-state index in [0.29, 0.717) is 42.9 Å². The lowest BCUT2D eigenvalue weighted by Gasteiger charge is -2.26. The summed E-state index contributed by atoms with van der Waals surface area (Å²) < 4.78 is 16.3. The minimum Gasteiger partial charge on any atom is -0.454 e. The Morgan fingerprint density at radius 2 is 1.85 bits per heavy atom. The van der Waals surface area contributed by atoms with Crippen molar-refractivity contribution in [1.82, 2.24) is 9.88 Å². The number of carbonyl (C=O) groups excluding carboxylic acids is 2. The summed E-state index contributed by atoms with van der Waals surface area (Å²) >= 11 is 0. The van der Waals surface area contributed by atoms with Gasteiger partial charge in [0.05, 0.1) is 24.3 Å². The first-order valence-corrected chi connectivity index (χ1v) is 11.0. The van der Waals surface area contributed by atoms with Gasteiger partial charge in [-0.3, -0.25) is 9.59 Å². The third kappa shape index (κ3) is 3.34. The first-order chi connectivity index (χ1) is 16.1. The van der Waals surface area contributed by atoms with Gasteiger partial charge in [0.15, 0.2) is 11.5 Å². The molecule has 1 aliphatic carbocycles. The van der Waals surface area contributed by atoms with E-state index in [2.05, 4.69) is 11.1 Å². The highest BCUT2D eigenvalue weighted by Crippen LogP contribution is 2.38. The number of nitrogens with one attached hydrogen (secondary N) is 1. The number of allylic oxidation sites excluding steroid dienone is 2. The number of hydrogen-bond acceptors (Lipinski definition) is 5. The normalized spacial score (nSPS) is 20.1. The van der Waals surface area contributed by atoms with Crippen LogP contribution in [0.25, 0.3) is 21.8 Å². The average molecular weight is 445 g/mol. The molecule has 1 unspecified atom stereocenters. The van der Waals surface area contributed by atoms with E-state index < -0.39 is 5.91 Å². The predicted octanol–water partition coefficient (Wildman–Crippen LogP) is 3.15. The van der Waals surface area contributed by atoms with E-state index >= 15 is 0 Å². The molecular weight excluding hydrogens is 422 g/mol. The van der Waals surface area contributed by atoms with Gasteiger partial charge in [-0.2, -0.15) is 0 Å². The van der Waals surface area contributed by atoms with Gasteiger partial charge in [0.1, 0.15) is 0 Å². The molecule has 8 nitrogen and oxygen atoms in total. The monoisotopic (exact) mass is 445 g/mol. The average Bonchev–Trinajstić information content (AvgIpc) is 3.46. The van der Waals surface area contributed by atoms with Crippen LogP contribution in [0.2, 0.25) is 0 Å². The van der Waals surface area contributed by atoms with Crippen LogP contribution in [0.5, 0.6) is 0 Å². The van der Waals surface area contributed by atoms with Crippen molar-refractivity contribution >= 4 is 33.6 Å². The largest absolute Gasteiger partial charge is 0.454 e. The van der Waals surface area contributed by atoms with E-state index in [0.717, 1.165) is 39.8 Å². The van der Waals surface area contributed by atoms with Crippen molar-refractivity contribution in [3.8, 4) is 0 Å². The molecule has 0 saturated carbocycles. The van der Waals surface area contributed by atoms with Crippen LogP contribution < -0.4 is 5.73 Å². The lowest BCUT2D eigenvalue weighted by molar-refractivity contribution is 0.0303. The Kier molecular flexibility index (Phi) is 4.62. The summed E-state index contributed by atoms with van der Waals surface area (Å²) in [6.07, 6.45) is 4.79. The maximum atomic E-state index is 12.9. The maximum absolute atomic E-state index is 12.9. The number of H-pyrrole nitrogens is 1. The molecule has 2 aliphatic heterocycles. The molecular formula is C25H23N3O5. The van der Waals surface area contributed by atoms with E-state index in [4.69, 9.17) is 19.9 Å².